The van der Waals surface area contributed by atoms with Crippen molar-refractivity contribution in [3.63, 3.8) is 0 Å². The fraction of sp³-hybridized carbons (Fsp3) is 0.150. The number of amides is 1. The van der Waals surface area contributed by atoms with Crippen molar-refractivity contribution in [2.45, 2.75) is 18.9 Å². The van der Waals surface area contributed by atoms with Crippen molar-refractivity contribution in [2.24, 2.45) is 5.10 Å². The van der Waals surface area contributed by atoms with Crippen LogP contribution in [-0.2, 0) is 4.79 Å². The molecule has 0 fully saturated rings. The predicted molar refractivity (Wildman–Crippen MR) is 106 cm³/mol. The van der Waals surface area contributed by atoms with Gasteiger partial charge in [-0.3, -0.25) is 4.79 Å². The number of carbonyl (C=O) groups is 1. The number of thioether (sulfide) groups is 1. The number of nitrogens with one attached hydrogen (secondary N) is 1. The molecule has 132 valence electrons. The number of hydrazone groups is 1. The number of aryl methyl sites for hydroxylation is 2. The first-order valence-corrected chi connectivity index (χ1v) is 9.12. The number of pyridine rings is 1. The van der Waals surface area contributed by atoms with E-state index in [1.54, 1.807) is 24.3 Å². The molecule has 5 nitrogen and oxygen atoms in total. The Labute approximate surface area is 156 Å². The quantitative estimate of drug-likeness (QED) is 0.410. The number of nitrogens with zero attached hydrogens (tertiary/aromatic N) is 2. The van der Waals surface area contributed by atoms with Gasteiger partial charge in [-0.15, -0.1) is 0 Å². The number of phenolic OH excluding ortho intramolecular Hbond substituents is 1. The zero-order valence-corrected chi connectivity index (χ0v) is 15.4. The molecule has 0 atom stereocenters. The first kappa shape index (κ1) is 17.9. The summed E-state index contributed by atoms with van der Waals surface area (Å²) in [7, 11) is 0. The topological polar surface area (TPSA) is 74.6 Å². The van der Waals surface area contributed by atoms with Crippen LogP contribution in [0.2, 0.25) is 0 Å². The zero-order chi connectivity index (χ0) is 18.5. The summed E-state index contributed by atoms with van der Waals surface area (Å²) in [5.74, 6) is 0.168. The first-order valence-electron chi connectivity index (χ1n) is 8.13. The van der Waals surface area contributed by atoms with Crippen LogP contribution in [0.4, 0.5) is 0 Å². The molecule has 0 aliphatic heterocycles. The number of aromatic nitrogens is 1. The van der Waals surface area contributed by atoms with E-state index in [0.717, 1.165) is 27.1 Å². The Morgan fingerprint density at radius 1 is 1.19 bits per heavy atom. The van der Waals surface area contributed by atoms with E-state index in [1.165, 1.54) is 18.0 Å². The maximum Gasteiger partial charge on any atom is 0.250 e. The van der Waals surface area contributed by atoms with Gasteiger partial charge in [-0.25, -0.2) is 10.4 Å². The van der Waals surface area contributed by atoms with Gasteiger partial charge in [-0.2, -0.15) is 5.10 Å². The Hall–Kier alpha value is -2.86. The van der Waals surface area contributed by atoms with Crippen molar-refractivity contribution < 1.29 is 9.90 Å². The predicted octanol–water partition coefficient (Wildman–Crippen LogP) is 3.80. The van der Waals surface area contributed by atoms with Crippen molar-refractivity contribution in [2.75, 3.05) is 5.75 Å². The highest BCUT2D eigenvalue weighted by molar-refractivity contribution is 7.99. The number of fused-ring (bicyclic) bond motifs is 1. The molecule has 0 saturated heterocycles. The van der Waals surface area contributed by atoms with Gasteiger partial charge in [0.2, 0.25) is 5.91 Å². The second kappa shape index (κ2) is 8.01. The van der Waals surface area contributed by atoms with Crippen LogP contribution in [0, 0.1) is 13.8 Å². The Morgan fingerprint density at radius 2 is 2.00 bits per heavy atom. The standard InChI is InChI=1S/C20H19N3O2S/c1-13-5-3-8-17-14(2)9-19(22-20(13)17)26-12-18(25)23-21-11-15-6-4-7-16(24)10-15/h3-11,24H,12H2,1-2H3,(H,23,25). The van der Waals surface area contributed by atoms with E-state index in [-0.39, 0.29) is 17.4 Å². The molecule has 1 aromatic heterocycles. The second-order valence-electron chi connectivity index (χ2n) is 5.93. The van der Waals surface area contributed by atoms with E-state index < -0.39 is 0 Å². The van der Waals surface area contributed by atoms with Crippen LogP contribution >= 0.6 is 11.8 Å². The molecular weight excluding hydrogens is 346 g/mol. The number of benzene rings is 2. The molecule has 0 bridgehead atoms. The maximum absolute atomic E-state index is 12.0. The zero-order valence-electron chi connectivity index (χ0n) is 14.6. The minimum atomic E-state index is -0.212. The van der Waals surface area contributed by atoms with Crippen molar-refractivity contribution in [1.82, 2.24) is 10.4 Å². The maximum atomic E-state index is 12.0. The van der Waals surface area contributed by atoms with Crippen LogP contribution in [0.3, 0.4) is 0 Å². The number of hydrogen-bond donors (Lipinski definition) is 2. The van der Waals surface area contributed by atoms with E-state index >= 15 is 0 Å². The van der Waals surface area contributed by atoms with Crippen LogP contribution in [0.5, 0.6) is 5.75 Å². The van der Waals surface area contributed by atoms with Crippen LogP contribution < -0.4 is 5.43 Å². The molecule has 1 heterocycles. The van der Waals surface area contributed by atoms with Gasteiger partial charge in [0.05, 0.1) is 22.5 Å². The Morgan fingerprint density at radius 3 is 2.81 bits per heavy atom. The number of hydrogen-bond acceptors (Lipinski definition) is 5. The minimum Gasteiger partial charge on any atom is -0.508 e. The molecule has 0 aliphatic carbocycles. The van der Waals surface area contributed by atoms with Crippen LogP contribution in [-0.4, -0.2) is 28.0 Å². The van der Waals surface area contributed by atoms with Gasteiger partial charge in [-0.1, -0.05) is 42.1 Å². The van der Waals surface area contributed by atoms with Gasteiger partial charge >= 0.3 is 0 Å². The van der Waals surface area contributed by atoms with Crippen molar-refractivity contribution >= 4 is 34.8 Å². The Bertz CT molecular complexity index is 986. The summed E-state index contributed by atoms with van der Waals surface area (Å²) >= 11 is 1.38. The lowest BCUT2D eigenvalue weighted by atomic mass is 10.1. The average molecular weight is 365 g/mol. The van der Waals surface area contributed by atoms with E-state index in [1.807, 2.05) is 32.0 Å². The SMILES string of the molecule is Cc1cc(SCC(=O)NN=Cc2cccc(O)c2)nc2c(C)cccc12. The summed E-state index contributed by atoms with van der Waals surface area (Å²) in [5.41, 5.74) is 6.42. The van der Waals surface area contributed by atoms with Gasteiger partial charge in [0, 0.05) is 5.39 Å². The van der Waals surface area contributed by atoms with Gasteiger partial charge in [-0.05, 0) is 48.7 Å². The summed E-state index contributed by atoms with van der Waals surface area (Å²) in [6, 6.07) is 14.8. The van der Waals surface area contributed by atoms with Crippen molar-refractivity contribution in [3.05, 3.63) is 65.2 Å². The fourth-order valence-corrected chi connectivity index (χ4v) is 3.32. The van der Waals surface area contributed by atoms with Crippen LogP contribution in [0.1, 0.15) is 16.7 Å². The van der Waals surface area contributed by atoms with Crippen molar-refractivity contribution in [1.29, 1.82) is 0 Å². The number of carbonyl (C=O) groups excluding carboxylic acids is 1. The summed E-state index contributed by atoms with van der Waals surface area (Å²) in [4.78, 5) is 16.6. The first-order chi connectivity index (χ1) is 12.5. The van der Waals surface area contributed by atoms with E-state index in [2.05, 4.69) is 21.6 Å². The molecule has 2 aromatic carbocycles. The summed E-state index contributed by atoms with van der Waals surface area (Å²) < 4.78 is 0. The molecule has 3 rings (SSSR count). The number of aromatic hydroxyl groups is 1. The highest BCUT2D eigenvalue weighted by atomic mass is 32.2. The molecule has 1 amide bonds. The molecule has 3 aromatic rings. The summed E-state index contributed by atoms with van der Waals surface area (Å²) in [6.07, 6.45) is 1.49. The third-order valence-corrected chi connectivity index (χ3v) is 4.76. The summed E-state index contributed by atoms with van der Waals surface area (Å²) in [6.45, 7) is 4.08. The molecule has 6 heteroatoms. The van der Waals surface area contributed by atoms with Crippen molar-refractivity contribution in [3.8, 4) is 5.75 Å². The molecule has 2 N–H and O–H groups in total. The number of phenols is 1. The highest BCUT2D eigenvalue weighted by Gasteiger charge is 2.07. The molecule has 0 spiro atoms. The molecular formula is C20H19N3O2S. The Balaban J connectivity index is 1.61. The second-order valence-corrected chi connectivity index (χ2v) is 6.92. The lowest BCUT2D eigenvalue weighted by Gasteiger charge is -2.08. The lowest BCUT2D eigenvalue weighted by Crippen LogP contribution is -2.19. The normalized spacial score (nSPS) is 11.2. The average Bonchev–Trinajstić information content (AvgIpc) is 2.61. The third-order valence-electron chi connectivity index (χ3n) is 3.85. The van der Waals surface area contributed by atoms with Crippen LogP contribution in [0.15, 0.2) is 58.7 Å². The molecule has 0 radical (unpaired) electrons. The fourth-order valence-electron chi connectivity index (χ4n) is 2.56. The lowest BCUT2D eigenvalue weighted by molar-refractivity contribution is -0.118. The number of para-hydroxylation sites is 1. The monoisotopic (exact) mass is 365 g/mol. The highest BCUT2D eigenvalue weighted by Crippen LogP contribution is 2.25. The summed E-state index contributed by atoms with van der Waals surface area (Å²) in [5, 5.41) is 15.2. The largest absolute Gasteiger partial charge is 0.508 e. The smallest absolute Gasteiger partial charge is 0.250 e. The van der Waals surface area contributed by atoms with Crippen LogP contribution in [0.25, 0.3) is 10.9 Å². The minimum absolute atomic E-state index is 0.156. The molecule has 26 heavy (non-hydrogen) atoms. The third kappa shape index (κ3) is 4.40. The van der Waals surface area contributed by atoms with E-state index in [9.17, 15) is 9.90 Å². The number of rotatable bonds is 5. The van der Waals surface area contributed by atoms with Gasteiger partial charge in [0.15, 0.2) is 0 Å². The van der Waals surface area contributed by atoms with Gasteiger partial charge in [0.25, 0.3) is 0 Å². The molecule has 0 saturated carbocycles. The van der Waals surface area contributed by atoms with Gasteiger partial charge in [0.1, 0.15) is 5.75 Å². The molecule has 0 unspecified atom stereocenters. The molecule has 0 aliphatic rings. The van der Waals surface area contributed by atoms with E-state index in [4.69, 9.17) is 0 Å². The van der Waals surface area contributed by atoms with Gasteiger partial charge < -0.3 is 5.11 Å². The van der Waals surface area contributed by atoms with E-state index in [0.29, 0.717) is 5.56 Å². The Kier molecular flexibility index (Phi) is 5.53.